The zero-order valence-corrected chi connectivity index (χ0v) is 17.6. The van der Waals surface area contributed by atoms with Crippen molar-refractivity contribution in [3.8, 4) is 0 Å². The maximum atomic E-state index is 10.0. The first-order valence-electron chi connectivity index (χ1n) is 7.94. The Morgan fingerprint density at radius 2 is 0.963 bits per heavy atom. The standard InChI is InChI=1S/2C5H8O2.2C4H6N2.Co/c2*1-4(6)3-5(2)7;2*1-4-5-2-3-6-4;/h2*3H2,1-2H3;2*2-3H,1H3,(H,5,6);. The summed E-state index contributed by atoms with van der Waals surface area (Å²) in [7, 11) is 0. The van der Waals surface area contributed by atoms with Crippen LogP contribution in [0.3, 0.4) is 0 Å². The van der Waals surface area contributed by atoms with E-state index in [2.05, 4.69) is 19.9 Å². The topological polar surface area (TPSA) is 126 Å². The third-order valence-corrected chi connectivity index (χ3v) is 2.27. The zero-order valence-electron chi connectivity index (χ0n) is 16.6. The molecule has 0 spiro atoms. The van der Waals surface area contributed by atoms with E-state index < -0.39 is 0 Å². The number of nitrogens with one attached hydrogen (secondary N) is 2. The molecule has 0 aromatic carbocycles. The van der Waals surface area contributed by atoms with Gasteiger partial charge in [0.25, 0.3) is 0 Å². The fourth-order valence-electron chi connectivity index (χ4n) is 1.39. The minimum absolute atomic E-state index is 0. The van der Waals surface area contributed by atoms with Crippen LogP contribution in [0.4, 0.5) is 0 Å². The van der Waals surface area contributed by atoms with Gasteiger partial charge in [-0.25, -0.2) is 9.97 Å². The van der Waals surface area contributed by atoms with Gasteiger partial charge in [0.2, 0.25) is 0 Å². The van der Waals surface area contributed by atoms with Crippen LogP contribution in [0.15, 0.2) is 24.8 Å². The number of imidazole rings is 2. The van der Waals surface area contributed by atoms with Gasteiger partial charge in [0, 0.05) is 41.6 Å². The van der Waals surface area contributed by atoms with E-state index in [1.165, 1.54) is 27.7 Å². The normalized spacial score (nSPS) is 8.22. The van der Waals surface area contributed by atoms with Gasteiger partial charge in [-0.3, -0.25) is 19.2 Å². The molecule has 0 bridgehead atoms. The van der Waals surface area contributed by atoms with Crippen molar-refractivity contribution in [3.63, 3.8) is 0 Å². The molecule has 2 aromatic rings. The van der Waals surface area contributed by atoms with Crippen molar-refractivity contribution in [2.24, 2.45) is 0 Å². The Morgan fingerprint density at radius 3 is 1.00 bits per heavy atom. The van der Waals surface area contributed by atoms with Crippen molar-refractivity contribution >= 4 is 23.1 Å². The molecule has 0 aliphatic carbocycles. The van der Waals surface area contributed by atoms with Crippen LogP contribution >= 0.6 is 0 Å². The predicted molar refractivity (Wildman–Crippen MR) is 98.6 cm³/mol. The summed E-state index contributed by atoms with van der Waals surface area (Å²) < 4.78 is 0. The molecule has 2 aromatic heterocycles. The first kappa shape index (κ1) is 29.4. The van der Waals surface area contributed by atoms with Crippen LogP contribution in [0.2, 0.25) is 0 Å². The maximum Gasteiger partial charge on any atom is 0.137 e. The molecule has 0 saturated heterocycles. The molecule has 0 aliphatic heterocycles. The van der Waals surface area contributed by atoms with Crippen molar-refractivity contribution in [1.82, 2.24) is 19.9 Å². The molecule has 27 heavy (non-hydrogen) atoms. The third-order valence-electron chi connectivity index (χ3n) is 2.27. The second kappa shape index (κ2) is 18.4. The minimum Gasteiger partial charge on any atom is -0.349 e. The summed E-state index contributed by atoms with van der Waals surface area (Å²) in [5.74, 6) is 1.69. The second-order valence-corrected chi connectivity index (χ2v) is 5.51. The largest absolute Gasteiger partial charge is 0.349 e. The molecule has 9 heteroatoms. The fourth-order valence-corrected chi connectivity index (χ4v) is 1.39. The van der Waals surface area contributed by atoms with Crippen LogP contribution in [-0.4, -0.2) is 43.1 Å². The van der Waals surface area contributed by atoms with E-state index in [0.29, 0.717) is 0 Å². The van der Waals surface area contributed by atoms with Gasteiger partial charge in [-0.15, -0.1) is 0 Å². The van der Waals surface area contributed by atoms with Crippen LogP contribution in [0.5, 0.6) is 0 Å². The van der Waals surface area contributed by atoms with Gasteiger partial charge in [-0.2, -0.15) is 0 Å². The van der Waals surface area contributed by atoms with Gasteiger partial charge in [0.15, 0.2) is 0 Å². The molecule has 0 amide bonds. The summed E-state index contributed by atoms with van der Waals surface area (Å²) >= 11 is 0. The summed E-state index contributed by atoms with van der Waals surface area (Å²) in [6.45, 7) is 9.45. The van der Waals surface area contributed by atoms with Gasteiger partial charge < -0.3 is 9.97 Å². The van der Waals surface area contributed by atoms with E-state index in [1.54, 1.807) is 24.8 Å². The minimum atomic E-state index is -0.0625. The summed E-state index contributed by atoms with van der Waals surface area (Å²) in [6.07, 6.45) is 7.23. The molecule has 8 nitrogen and oxygen atoms in total. The van der Waals surface area contributed by atoms with Crippen molar-refractivity contribution in [1.29, 1.82) is 0 Å². The summed E-state index contributed by atoms with van der Waals surface area (Å²) in [6, 6.07) is 0. The Labute approximate surface area is 170 Å². The number of Topliss-reactive ketones (excluding diaryl/α,β-unsaturated/α-hetero) is 4. The number of rotatable bonds is 4. The molecular weight excluding hydrogens is 395 g/mol. The van der Waals surface area contributed by atoms with Crippen LogP contribution < -0.4 is 0 Å². The van der Waals surface area contributed by atoms with E-state index in [4.69, 9.17) is 0 Å². The van der Waals surface area contributed by atoms with Gasteiger partial charge in [-0.1, -0.05) is 0 Å². The molecule has 2 heterocycles. The second-order valence-electron chi connectivity index (χ2n) is 5.51. The maximum absolute atomic E-state index is 10.0. The summed E-state index contributed by atoms with van der Waals surface area (Å²) in [5.41, 5.74) is 0. The average molecular weight is 423 g/mol. The number of aromatic amines is 2. The Morgan fingerprint density at radius 1 is 0.704 bits per heavy atom. The predicted octanol–water partition coefficient (Wildman–Crippen LogP) is 2.54. The number of carbonyl (C=O) groups excluding carboxylic acids is 4. The van der Waals surface area contributed by atoms with E-state index >= 15 is 0 Å². The molecule has 153 valence electrons. The molecule has 2 rings (SSSR count). The Kier molecular flexibility index (Phi) is 20.0. The molecule has 1 radical (unpaired) electrons. The van der Waals surface area contributed by atoms with Crippen LogP contribution in [0.25, 0.3) is 0 Å². The van der Waals surface area contributed by atoms with Crippen molar-refractivity contribution in [2.45, 2.75) is 54.4 Å². The van der Waals surface area contributed by atoms with Gasteiger partial charge in [-0.05, 0) is 41.5 Å². The first-order chi connectivity index (χ1) is 12.0. The van der Waals surface area contributed by atoms with Crippen LogP contribution in [0, 0.1) is 13.8 Å². The third kappa shape index (κ3) is 28.7. The van der Waals surface area contributed by atoms with Crippen molar-refractivity contribution in [3.05, 3.63) is 36.4 Å². The monoisotopic (exact) mass is 423 g/mol. The number of ketones is 4. The summed E-state index contributed by atoms with van der Waals surface area (Å²) in [4.78, 5) is 53.6. The molecule has 0 fully saturated rings. The molecule has 0 saturated carbocycles. The SMILES string of the molecule is CC(=O)CC(C)=O.CC(=O)CC(C)=O.Cc1ncc[nH]1.Cc1ncc[nH]1.[Co]. The fraction of sp³-hybridized carbons (Fsp3) is 0.444. The van der Waals surface area contributed by atoms with Gasteiger partial charge in [0.05, 0.1) is 12.8 Å². The van der Waals surface area contributed by atoms with E-state index in [0.717, 1.165) is 11.6 Å². The number of aromatic nitrogens is 4. The molecule has 0 aliphatic rings. The number of aryl methyl sites for hydroxylation is 2. The molecule has 0 atom stereocenters. The first-order valence-corrected chi connectivity index (χ1v) is 7.94. The van der Waals surface area contributed by atoms with Crippen LogP contribution in [-0.2, 0) is 36.0 Å². The van der Waals surface area contributed by atoms with E-state index in [-0.39, 0.29) is 52.8 Å². The summed E-state index contributed by atoms with van der Waals surface area (Å²) in [5, 5.41) is 0. The number of hydrogen-bond donors (Lipinski definition) is 2. The molecular formula is C18H28CoN4O4. The number of hydrogen-bond acceptors (Lipinski definition) is 6. The quantitative estimate of drug-likeness (QED) is 0.728. The molecule has 0 unspecified atom stereocenters. The number of nitrogens with zero attached hydrogens (tertiary/aromatic N) is 2. The Hall–Kier alpha value is -2.39. The number of H-pyrrole nitrogens is 2. The number of carbonyl (C=O) groups is 4. The average Bonchev–Trinajstić information content (AvgIpc) is 3.11. The Bertz CT molecular complexity index is 571. The molecule has 2 N–H and O–H groups in total. The van der Waals surface area contributed by atoms with E-state index in [1.807, 2.05) is 13.8 Å². The van der Waals surface area contributed by atoms with Crippen LogP contribution in [0.1, 0.15) is 52.2 Å². The Balaban J connectivity index is -0.000000281. The smallest absolute Gasteiger partial charge is 0.137 e. The van der Waals surface area contributed by atoms with Gasteiger partial charge in [0.1, 0.15) is 34.8 Å². The van der Waals surface area contributed by atoms with Crippen molar-refractivity contribution < 1.29 is 36.0 Å². The van der Waals surface area contributed by atoms with Crippen molar-refractivity contribution in [2.75, 3.05) is 0 Å². The van der Waals surface area contributed by atoms with Gasteiger partial charge >= 0.3 is 0 Å². The zero-order chi connectivity index (χ0) is 20.5. The van der Waals surface area contributed by atoms with E-state index in [9.17, 15) is 19.2 Å².